The number of amides is 1. The van der Waals surface area contributed by atoms with Gasteiger partial charge in [-0.3, -0.25) is 9.69 Å². The van der Waals surface area contributed by atoms with Crippen LogP contribution in [0.2, 0.25) is 0 Å². The third kappa shape index (κ3) is 3.70. The summed E-state index contributed by atoms with van der Waals surface area (Å²) in [6.07, 6.45) is 4.15. The number of carbonyl (C=O) groups excluding carboxylic acids is 1. The maximum absolute atomic E-state index is 12.3. The van der Waals surface area contributed by atoms with Crippen molar-refractivity contribution < 1.29 is 9.53 Å². The summed E-state index contributed by atoms with van der Waals surface area (Å²) in [5.41, 5.74) is 5.53. The number of nitrogens with one attached hydrogen (secondary N) is 1. The van der Waals surface area contributed by atoms with Gasteiger partial charge in [0.25, 0.3) is 0 Å². The molecule has 4 rings (SSSR count). The number of rotatable bonds is 5. The number of nitrogens with zero attached hydrogens (tertiary/aromatic N) is 2. The molecular formula is C23H33N3O2. The van der Waals surface area contributed by atoms with E-state index < -0.39 is 0 Å². The number of H-pyrrole nitrogens is 1. The van der Waals surface area contributed by atoms with Crippen molar-refractivity contribution in [2.75, 3.05) is 39.9 Å². The lowest BCUT2D eigenvalue weighted by Crippen LogP contribution is -2.54. The molecular weight excluding hydrogens is 350 g/mol. The van der Waals surface area contributed by atoms with Crippen LogP contribution >= 0.6 is 0 Å². The second-order valence-corrected chi connectivity index (χ2v) is 8.84. The van der Waals surface area contributed by atoms with Crippen LogP contribution in [0.4, 0.5) is 0 Å². The molecule has 0 aliphatic carbocycles. The SMILES string of the molecule is COCCN1C[C@]2(CCCN(Cc3cccc4c(C)c(C)[nH]c34)C2)CCC1=O. The molecule has 0 saturated carbocycles. The Morgan fingerprint density at radius 3 is 2.89 bits per heavy atom. The Morgan fingerprint density at radius 2 is 2.07 bits per heavy atom. The molecule has 2 fully saturated rings. The maximum atomic E-state index is 12.3. The molecule has 2 aliphatic rings. The van der Waals surface area contributed by atoms with Gasteiger partial charge >= 0.3 is 0 Å². The molecule has 0 radical (unpaired) electrons. The third-order valence-corrected chi connectivity index (χ3v) is 6.88. The van der Waals surface area contributed by atoms with Crippen molar-refractivity contribution in [3.05, 3.63) is 35.0 Å². The van der Waals surface area contributed by atoms with Crippen LogP contribution in [0.25, 0.3) is 10.9 Å². The van der Waals surface area contributed by atoms with E-state index in [0.717, 1.165) is 39.1 Å². The lowest BCUT2D eigenvalue weighted by atomic mass is 9.73. The zero-order chi connectivity index (χ0) is 19.7. The van der Waals surface area contributed by atoms with Crippen LogP contribution in [0.1, 0.15) is 42.5 Å². The van der Waals surface area contributed by atoms with Crippen LogP contribution in [0.5, 0.6) is 0 Å². The van der Waals surface area contributed by atoms with E-state index in [4.69, 9.17) is 4.74 Å². The van der Waals surface area contributed by atoms with Crippen LogP contribution in [0.3, 0.4) is 0 Å². The van der Waals surface area contributed by atoms with Crippen LogP contribution in [0.15, 0.2) is 18.2 Å². The van der Waals surface area contributed by atoms with Gasteiger partial charge in [0.15, 0.2) is 0 Å². The van der Waals surface area contributed by atoms with Gasteiger partial charge in [0.2, 0.25) is 5.91 Å². The van der Waals surface area contributed by atoms with Crippen molar-refractivity contribution in [1.82, 2.24) is 14.8 Å². The minimum atomic E-state index is 0.245. The highest BCUT2D eigenvalue weighted by molar-refractivity contribution is 5.87. The molecule has 1 atom stereocenters. The number of benzene rings is 1. The molecule has 3 heterocycles. The molecule has 1 amide bonds. The van der Waals surface area contributed by atoms with E-state index in [1.165, 1.54) is 40.6 Å². The molecule has 2 aromatic rings. The number of para-hydroxylation sites is 1. The maximum Gasteiger partial charge on any atom is 0.222 e. The molecule has 5 heteroatoms. The predicted molar refractivity (Wildman–Crippen MR) is 112 cm³/mol. The van der Waals surface area contributed by atoms with Gasteiger partial charge in [-0.25, -0.2) is 0 Å². The number of fused-ring (bicyclic) bond motifs is 1. The summed E-state index contributed by atoms with van der Waals surface area (Å²) < 4.78 is 5.21. The molecule has 0 bridgehead atoms. The van der Waals surface area contributed by atoms with Gasteiger partial charge in [0.05, 0.1) is 12.1 Å². The largest absolute Gasteiger partial charge is 0.383 e. The van der Waals surface area contributed by atoms with E-state index in [1.54, 1.807) is 7.11 Å². The Balaban J connectivity index is 1.50. The Hall–Kier alpha value is -1.85. The number of hydrogen-bond acceptors (Lipinski definition) is 3. The normalized spacial score (nSPS) is 23.8. The first-order valence-corrected chi connectivity index (χ1v) is 10.6. The van der Waals surface area contributed by atoms with E-state index in [-0.39, 0.29) is 5.41 Å². The van der Waals surface area contributed by atoms with E-state index in [2.05, 4.69) is 41.9 Å². The highest BCUT2D eigenvalue weighted by Gasteiger charge is 2.41. The number of aromatic nitrogens is 1. The first-order chi connectivity index (χ1) is 13.5. The third-order valence-electron chi connectivity index (χ3n) is 6.88. The standard InChI is InChI=1S/C23H33N3O2/c1-17-18(2)24-22-19(6-4-7-20(17)22)14-25-11-5-9-23(15-25)10-8-21(27)26(16-23)12-13-28-3/h4,6-7,24H,5,8-16H2,1-3H3/t23-/m1/s1. The number of carbonyl (C=O) groups is 1. The van der Waals surface area contributed by atoms with E-state index in [0.29, 0.717) is 18.9 Å². The van der Waals surface area contributed by atoms with Crippen LogP contribution in [-0.4, -0.2) is 60.6 Å². The summed E-state index contributed by atoms with van der Waals surface area (Å²) in [4.78, 5) is 20.6. The molecule has 1 aromatic carbocycles. The quantitative estimate of drug-likeness (QED) is 0.858. The van der Waals surface area contributed by atoms with Crippen molar-refractivity contribution in [1.29, 1.82) is 0 Å². The lowest BCUT2D eigenvalue weighted by molar-refractivity contribution is -0.140. The molecule has 1 spiro atoms. The highest BCUT2D eigenvalue weighted by Crippen LogP contribution is 2.39. The Bertz CT molecular complexity index is 859. The van der Waals surface area contributed by atoms with Gasteiger partial charge in [-0.1, -0.05) is 18.2 Å². The average molecular weight is 384 g/mol. The molecule has 2 aliphatic heterocycles. The summed E-state index contributed by atoms with van der Waals surface area (Å²) >= 11 is 0. The fourth-order valence-electron chi connectivity index (χ4n) is 5.20. The summed E-state index contributed by atoms with van der Waals surface area (Å²) in [6, 6.07) is 6.66. The molecule has 28 heavy (non-hydrogen) atoms. The Morgan fingerprint density at radius 1 is 1.21 bits per heavy atom. The second kappa shape index (κ2) is 7.88. The first kappa shape index (κ1) is 19.5. The zero-order valence-corrected chi connectivity index (χ0v) is 17.5. The number of aryl methyl sites for hydroxylation is 2. The summed E-state index contributed by atoms with van der Waals surface area (Å²) in [5.74, 6) is 0.293. The van der Waals surface area contributed by atoms with Crippen molar-refractivity contribution in [2.45, 2.75) is 46.1 Å². The van der Waals surface area contributed by atoms with E-state index >= 15 is 0 Å². The number of likely N-dealkylation sites (tertiary alicyclic amines) is 2. The lowest BCUT2D eigenvalue weighted by Gasteiger charge is -2.48. The smallest absolute Gasteiger partial charge is 0.222 e. The molecule has 1 aromatic heterocycles. The molecule has 0 unspecified atom stereocenters. The van der Waals surface area contributed by atoms with Gasteiger partial charge < -0.3 is 14.6 Å². The summed E-state index contributed by atoms with van der Waals surface area (Å²) in [7, 11) is 1.71. The van der Waals surface area contributed by atoms with Crippen molar-refractivity contribution in [3.63, 3.8) is 0 Å². The number of piperidine rings is 2. The van der Waals surface area contributed by atoms with Gasteiger partial charge in [0.1, 0.15) is 0 Å². The van der Waals surface area contributed by atoms with Gasteiger partial charge in [-0.05, 0) is 50.8 Å². The summed E-state index contributed by atoms with van der Waals surface area (Å²) in [6.45, 7) is 9.78. The minimum absolute atomic E-state index is 0.245. The predicted octanol–water partition coefficient (Wildman–Crippen LogP) is 3.64. The Kier molecular flexibility index (Phi) is 5.48. The van der Waals surface area contributed by atoms with E-state index in [1.807, 2.05) is 4.90 Å². The van der Waals surface area contributed by atoms with Crippen LogP contribution in [-0.2, 0) is 16.1 Å². The van der Waals surface area contributed by atoms with Crippen molar-refractivity contribution in [2.24, 2.45) is 5.41 Å². The molecule has 152 valence electrons. The van der Waals surface area contributed by atoms with E-state index in [9.17, 15) is 4.79 Å². The fourth-order valence-corrected chi connectivity index (χ4v) is 5.20. The number of aromatic amines is 1. The van der Waals surface area contributed by atoms with Crippen molar-refractivity contribution >= 4 is 16.8 Å². The highest BCUT2D eigenvalue weighted by atomic mass is 16.5. The molecule has 5 nitrogen and oxygen atoms in total. The number of ether oxygens (including phenoxy) is 1. The Labute approximate surface area is 168 Å². The van der Waals surface area contributed by atoms with Crippen LogP contribution in [0, 0.1) is 19.3 Å². The van der Waals surface area contributed by atoms with Crippen molar-refractivity contribution in [3.8, 4) is 0 Å². The average Bonchev–Trinajstić information content (AvgIpc) is 2.98. The van der Waals surface area contributed by atoms with Gasteiger partial charge in [-0.15, -0.1) is 0 Å². The van der Waals surface area contributed by atoms with Crippen LogP contribution < -0.4 is 0 Å². The van der Waals surface area contributed by atoms with Gasteiger partial charge in [-0.2, -0.15) is 0 Å². The fraction of sp³-hybridized carbons (Fsp3) is 0.609. The summed E-state index contributed by atoms with van der Waals surface area (Å²) in [5, 5.41) is 1.34. The molecule has 1 N–H and O–H groups in total. The van der Waals surface area contributed by atoms with Gasteiger partial charge in [0, 0.05) is 56.2 Å². The topological polar surface area (TPSA) is 48.6 Å². The minimum Gasteiger partial charge on any atom is -0.383 e. The molecule has 2 saturated heterocycles. The zero-order valence-electron chi connectivity index (χ0n) is 17.5. The monoisotopic (exact) mass is 383 g/mol. The number of methoxy groups -OCH3 is 1. The number of hydrogen-bond donors (Lipinski definition) is 1. The first-order valence-electron chi connectivity index (χ1n) is 10.6. The second-order valence-electron chi connectivity index (χ2n) is 8.84.